The molecule has 1 aromatic heterocycles. The van der Waals surface area contributed by atoms with Gasteiger partial charge in [0.15, 0.2) is 0 Å². The van der Waals surface area contributed by atoms with E-state index in [2.05, 4.69) is 22.0 Å². The van der Waals surface area contributed by atoms with Gasteiger partial charge in [0.05, 0.1) is 11.6 Å². The Hall–Kier alpha value is -1.16. The number of para-hydroxylation sites is 1. The first kappa shape index (κ1) is 14.8. The van der Waals surface area contributed by atoms with Gasteiger partial charge in [-0.25, -0.2) is 4.98 Å². The van der Waals surface area contributed by atoms with Crippen molar-refractivity contribution in [2.75, 3.05) is 6.54 Å². The van der Waals surface area contributed by atoms with Crippen LogP contribution in [0.1, 0.15) is 31.7 Å². The van der Waals surface area contributed by atoms with E-state index in [1.165, 1.54) is 6.42 Å². The molecule has 2 aromatic rings. The van der Waals surface area contributed by atoms with Crippen molar-refractivity contribution in [3.05, 3.63) is 41.0 Å². The minimum atomic E-state index is -0.249. The average molecular weight is 305 g/mol. The van der Waals surface area contributed by atoms with E-state index >= 15 is 0 Å². The molecule has 4 heteroatoms. The van der Waals surface area contributed by atoms with Crippen LogP contribution in [0.3, 0.4) is 0 Å². The largest absolute Gasteiger partial charge is 0.393 e. The van der Waals surface area contributed by atoms with Gasteiger partial charge in [0.2, 0.25) is 0 Å². The van der Waals surface area contributed by atoms with E-state index in [0.29, 0.717) is 11.2 Å². The molecule has 0 spiro atoms. The molecule has 3 rings (SSSR count). The highest BCUT2D eigenvalue weighted by molar-refractivity contribution is 6.30. The van der Waals surface area contributed by atoms with Crippen LogP contribution in [0.25, 0.3) is 10.9 Å². The summed E-state index contributed by atoms with van der Waals surface area (Å²) in [5.41, 5.74) is 2.01. The summed E-state index contributed by atoms with van der Waals surface area (Å²) in [5, 5.41) is 11.3. The van der Waals surface area contributed by atoms with Crippen LogP contribution >= 0.6 is 11.6 Å². The number of aromatic nitrogens is 1. The molecule has 1 aliphatic rings. The molecule has 112 valence electrons. The molecule has 1 aromatic carbocycles. The lowest BCUT2D eigenvalue weighted by atomic mass is 10.1. The number of nitrogens with zero attached hydrogens (tertiary/aromatic N) is 2. The molecular weight excluding hydrogens is 284 g/mol. The first-order valence-electron chi connectivity index (χ1n) is 7.60. The highest BCUT2D eigenvalue weighted by Crippen LogP contribution is 2.27. The molecule has 2 heterocycles. The van der Waals surface area contributed by atoms with Crippen molar-refractivity contribution >= 4 is 22.5 Å². The maximum atomic E-state index is 9.63. The Balaban J connectivity index is 1.82. The molecular formula is C17H21ClN2O. The molecule has 1 N–H and O–H groups in total. The van der Waals surface area contributed by atoms with Gasteiger partial charge in [-0.1, -0.05) is 29.8 Å². The van der Waals surface area contributed by atoms with Crippen molar-refractivity contribution in [3.63, 3.8) is 0 Å². The zero-order valence-corrected chi connectivity index (χ0v) is 13.1. The van der Waals surface area contributed by atoms with Crippen LogP contribution in [0.4, 0.5) is 0 Å². The van der Waals surface area contributed by atoms with E-state index in [-0.39, 0.29) is 6.10 Å². The van der Waals surface area contributed by atoms with Crippen LogP contribution in [0.5, 0.6) is 0 Å². The van der Waals surface area contributed by atoms with Gasteiger partial charge in [-0.05, 0) is 44.9 Å². The van der Waals surface area contributed by atoms with Crippen LogP contribution in [0, 0.1) is 0 Å². The van der Waals surface area contributed by atoms with Crippen molar-refractivity contribution in [3.8, 4) is 0 Å². The first-order chi connectivity index (χ1) is 10.1. The summed E-state index contributed by atoms with van der Waals surface area (Å²) < 4.78 is 0. The molecule has 2 unspecified atom stereocenters. The number of fused-ring (bicyclic) bond motifs is 1. The molecule has 2 atom stereocenters. The maximum Gasteiger partial charge on any atom is 0.134 e. The van der Waals surface area contributed by atoms with Crippen LogP contribution in [0.2, 0.25) is 5.15 Å². The summed E-state index contributed by atoms with van der Waals surface area (Å²) >= 11 is 6.35. The third-order valence-electron chi connectivity index (χ3n) is 4.24. The maximum absolute atomic E-state index is 9.63. The molecule has 0 bridgehead atoms. The SMILES string of the molecule is CC(O)CC1CCCN1Cc1cc2ccccc2nc1Cl. The molecule has 0 radical (unpaired) electrons. The summed E-state index contributed by atoms with van der Waals surface area (Å²) in [6.07, 6.45) is 2.93. The standard InChI is InChI=1S/C17H21ClN2O/c1-12(21)9-15-6-4-8-20(15)11-14-10-13-5-2-3-7-16(13)19-17(14)18/h2-3,5,7,10,12,15,21H,4,6,8-9,11H2,1H3. The van der Waals surface area contributed by atoms with Gasteiger partial charge in [0.1, 0.15) is 5.15 Å². The molecule has 1 saturated heterocycles. The fourth-order valence-corrected chi connectivity index (χ4v) is 3.44. The number of hydrogen-bond acceptors (Lipinski definition) is 3. The minimum absolute atomic E-state index is 0.249. The van der Waals surface area contributed by atoms with E-state index < -0.39 is 0 Å². The number of hydrogen-bond donors (Lipinski definition) is 1. The predicted octanol–water partition coefficient (Wildman–Crippen LogP) is 3.62. The lowest BCUT2D eigenvalue weighted by Gasteiger charge is -2.25. The van der Waals surface area contributed by atoms with Gasteiger partial charge in [-0.3, -0.25) is 4.90 Å². The number of aliphatic hydroxyl groups is 1. The third-order valence-corrected chi connectivity index (χ3v) is 4.56. The smallest absolute Gasteiger partial charge is 0.134 e. The molecule has 0 amide bonds. The number of benzene rings is 1. The molecule has 0 aliphatic carbocycles. The summed E-state index contributed by atoms with van der Waals surface area (Å²) in [5.74, 6) is 0. The highest BCUT2D eigenvalue weighted by Gasteiger charge is 2.26. The second-order valence-corrected chi connectivity index (χ2v) is 6.34. The average Bonchev–Trinajstić information content (AvgIpc) is 2.86. The Morgan fingerprint density at radius 1 is 1.43 bits per heavy atom. The summed E-state index contributed by atoms with van der Waals surface area (Å²) in [6.45, 7) is 3.75. The van der Waals surface area contributed by atoms with Crippen molar-refractivity contribution in [1.82, 2.24) is 9.88 Å². The van der Waals surface area contributed by atoms with Crippen molar-refractivity contribution in [2.24, 2.45) is 0 Å². The highest BCUT2D eigenvalue weighted by atomic mass is 35.5. The fraction of sp³-hybridized carbons (Fsp3) is 0.471. The number of aliphatic hydroxyl groups excluding tert-OH is 1. The van der Waals surface area contributed by atoms with Crippen molar-refractivity contribution in [2.45, 2.75) is 44.9 Å². The summed E-state index contributed by atoms with van der Waals surface area (Å²) in [6, 6.07) is 10.6. The quantitative estimate of drug-likeness (QED) is 0.876. The Kier molecular flexibility index (Phi) is 4.43. The van der Waals surface area contributed by atoms with Gasteiger partial charge < -0.3 is 5.11 Å². The Labute approximate surface area is 130 Å². The third kappa shape index (κ3) is 3.37. The second kappa shape index (κ2) is 6.30. The topological polar surface area (TPSA) is 36.4 Å². The van der Waals surface area contributed by atoms with Crippen molar-refractivity contribution in [1.29, 1.82) is 0 Å². The van der Waals surface area contributed by atoms with E-state index in [1.807, 2.05) is 25.1 Å². The van der Waals surface area contributed by atoms with Gasteiger partial charge >= 0.3 is 0 Å². The number of likely N-dealkylation sites (tertiary alicyclic amines) is 1. The summed E-state index contributed by atoms with van der Waals surface area (Å²) in [4.78, 5) is 6.91. The fourth-order valence-electron chi connectivity index (χ4n) is 3.23. The zero-order valence-electron chi connectivity index (χ0n) is 12.3. The van der Waals surface area contributed by atoms with Crippen LogP contribution in [0.15, 0.2) is 30.3 Å². The van der Waals surface area contributed by atoms with E-state index in [1.54, 1.807) is 0 Å². The lowest BCUT2D eigenvalue weighted by Crippen LogP contribution is -2.31. The van der Waals surface area contributed by atoms with E-state index in [0.717, 1.165) is 42.4 Å². The van der Waals surface area contributed by atoms with E-state index in [9.17, 15) is 5.11 Å². The van der Waals surface area contributed by atoms with Gasteiger partial charge in [0.25, 0.3) is 0 Å². The van der Waals surface area contributed by atoms with Gasteiger partial charge in [0, 0.05) is 23.5 Å². The zero-order chi connectivity index (χ0) is 14.8. The molecule has 3 nitrogen and oxygen atoms in total. The number of rotatable bonds is 4. The predicted molar refractivity (Wildman–Crippen MR) is 86.5 cm³/mol. The van der Waals surface area contributed by atoms with Crippen molar-refractivity contribution < 1.29 is 5.11 Å². The minimum Gasteiger partial charge on any atom is -0.393 e. The second-order valence-electron chi connectivity index (χ2n) is 5.98. The lowest BCUT2D eigenvalue weighted by molar-refractivity contribution is 0.131. The molecule has 21 heavy (non-hydrogen) atoms. The Bertz CT molecular complexity index is 629. The molecule has 1 fully saturated rings. The first-order valence-corrected chi connectivity index (χ1v) is 7.97. The van der Waals surface area contributed by atoms with E-state index in [4.69, 9.17) is 11.6 Å². The Morgan fingerprint density at radius 3 is 3.05 bits per heavy atom. The van der Waals surface area contributed by atoms with Gasteiger partial charge in [-0.2, -0.15) is 0 Å². The normalized spacial score (nSPS) is 21.0. The van der Waals surface area contributed by atoms with Crippen LogP contribution < -0.4 is 0 Å². The van der Waals surface area contributed by atoms with Crippen LogP contribution in [-0.4, -0.2) is 33.7 Å². The van der Waals surface area contributed by atoms with Crippen LogP contribution in [-0.2, 0) is 6.54 Å². The summed E-state index contributed by atoms with van der Waals surface area (Å²) in [7, 11) is 0. The molecule has 0 saturated carbocycles. The number of halogens is 1. The Morgan fingerprint density at radius 2 is 2.24 bits per heavy atom. The monoisotopic (exact) mass is 304 g/mol. The molecule has 1 aliphatic heterocycles. The van der Waals surface area contributed by atoms with Gasteiger partial charge in [-0.15, -0.1) is 0 Å². The number of pyridine rings is 1.